The summed E-state index contributed by atoms with van der Waals surface area (Å²) in [5.74, 6) is -4.80. The number of nitrogens with one attached hydrogen (secondary N) is 1. The summed E-state index contributed by atoms with van der Waals surface area (Å²) in [6, 6.07) is 3.90. The maximum Gasteiger partial charge on any atom is 0.303 e. The third kappa shape index (κ3) is 4.53. The van der Waals surface area contributed by atoms with E-state index in [1.165, 1.54) is 25.2 Å². The molecule has 1 aromatic carbocycles. The van der Waals surface area contributed by atoms with Crippen LogP contribution in [0.2, 0.25) is 0 Å². The molecule has 0 amide bonds. The van der Waals surface area contributed by atoms with Gasteiger partial charge >= 0.3 is 5.92 Å². The van der Waals surface area contributed by atoms with E-state index in [-0.39, 0.29) is 28.4 Å². The number of aryl methyl sites for hydroxylation is 1. The van der Waals surface area contributed by atoms with Crippen molar-refractivity contribution in [3.63, 3.8) is 0 Å². The Morgan fingerprint density at radius 1 is 1.19 bits per heavy atom. The van der Waals surface area contributed by atoms with E-state index in [4.69, 9.17) is 4.74 Å². The smallest absolute Gasteiger partial charge is 0.303 e. The number of aliphatic hydroxyl groups is 1. The van der Waals surface area contributed by atoms with Crippen molar-refractivity contribution in [3.05, 3.63) is 68.1 Å². The SMILES string of the molecule is CC(Nc1nn(C)c(=O)c2cc(=O)n(C3CCOCC3)cc12)c1cccc(C(F)(F)C(C)(C)O)c1F. The van der Waals surface area contributed by atoms with Gasteiger partial charge in [-0.2, -0.15) is 13.9 Å². The van der Waals surface area contributed by atoms with Gasteiger partial charge in [-0.15, -0.1) is 0 Å². The molecule has 2 aromatic heterocycles. The fraction of sp³-hybridized carbons (Fsp3) is 0.480. The van der Waals surface area contributed by atoms with Gasteiger partial charge in [0.2, 0.25) is 0 Å². The van der Waals surface area contributed by atoms with E-state index in [1.54, 1.807) is 17.7 Å². The van der Waals surface area contributed by atoms with Crippen LogP contribution in [0.4, 0.5) is 19.0 Å². The normalized spacial score (nSPS) is 16.3. The second-order valence-corrected chi connectivity index (χ2v) is 9.68. The fourth-order valence-corrected chi connectivity index (χ4v) is 4.43. The molecule has 0 bridgehead atoms. The van der Waals surface area contributed by atoms with Crippen LogP contribution in [-0.4, -0.2) is 38.3 Å². The Balaban J connectivity index is 1.79. The van der Waals surface area contributed by atoms with Gasteiger partial charge in [-0.05, 0) is 39.7 Å². The summed E-state index contributed by atoms with van der Waals surface area (Å²) >= 11 is 0. The number of alkyl halides is 2. The van der Waals surface area contributed by atoms with E-state index in [9.17, 15) is 23.5 Å². The van der Waals surface area contributed by atoms with Gasteiger partial charge in [-0.3, -0.25) is 9.59 Å². The van der Waals surface area contributed by atoms with Crippen molar-refractivity contribution in [1.82, 2.24) is 14.3 Å². The Hall–Kier alpha value is -3.18. The lowest BCUT2D eigenvalue weighted by molar-refractivity contribution is -0.170. The Labute approximate surface area is 205 Å². The van der Waals surface area contributed by atoms with Gasteiger partial charge in [0.25, 0.3) is 11.1 Å². The van der Waals surface area contributed by atoms with Crippen molar-refractivity contribution in [2.24, 2.45) is 7.05 Å². The molecule has 1 fully saturated rings. The number of nitrogens with zero attached hydrogens (tertiary/aromatic N) is 3. The maximum atomic E-state index is 15.3. The first kappa shape index (κ1) is 25.9. The van der Waals surface area contributed by atoms with E-state index in [1.807, 2.05) is 0 Å². The molecule has 0 radical (unpaired) electrons. The first-order valence-corrected chi connectivity index (χ1v) is 11.7. The third-order valence-electron chi connectivity index (χ3n) is 6.65. The van der Waals surface area contributed by atoms with Gasteiger partial charge in [-0.1, -0.05) is 12.1 Å². The third-order valence-corrected chi connectivity index (χ3v) is 6.65. The molecular weight excluding hydrogens is 477 g/mol. The Kier molecular flexibility index (Phi) is 6.74. The van der Waals surface area contributed by atoms with Gasteiger partial charge in [0.1, 0.15) is 11.4 Å². The second-order valence-electron chi connectivity index (χ2n) is 9.68. The number of halogens is 3. The molecule has 1 atom stereocenters. The van der Waals surface area contributed by atoms with Crippen LogP contribution in [0.5, 0.6) is 0 Å². The monoisotopic (exact) mass is 506 g/mol. The molecule has 36 heavy (non-hydrogen) atoms. The average molecular weight is 507 g/mol. The molecule has 3 aromatic rings. The van der Waals surface area contributed by atoms with Gasteiger partial charge in [0.15, 0.2) is 5.82 Å². The van der Waals surface area contributed by atoms with E-state index < -0.39 is 34.5 Å². The minimum atomic E-state index is -3.84. The molecule has 1 aliphatic heterocycles. The average Bonchev–Trinajstić information content (AvgIpc) is 2.82. The highest BCUT2D eigenvalue weighted by atomic mass is 19.3. The summed E-state index contributed by atoms with van der Waals surface area (Å²) in [6.07, 6.45) is 2.83. The molecule has 4 rings (SSSR count). The van der Waals surface area contributed by atoms with E-state index >= 15 is 4.39 Å². The first-order valence-electron chi connectivity index (χ1n) is 11.7. The Bertz CT molecular complexity index is 1410. The molecule has 1 unspecified atom stereocenters. The number of fused-ring (bicyclic) bond motifs is 1. The molecule has 194 valence electrons. The summed E-state index contributed by atoms with van der Waals surface area (Å²) < 4.78 is 52.8. The Morgan fingerprint density at radius 2 is 1.86 bits per heavy atom. The van der Waals surface area contributed by atoms with Crippen LogP contribution in [0, 0.1) is 5.82 Å². The number of anilines is 1. The topological polar surface area (TPSA) is 98.4 Å². The van der Waals surface area contributed by atoms with Crippen molar-refractivity contribution in [2.45, 2.75) is 57.2 Å². The molecule has 3 heterocycles. The molecule has 0 aliphatic carbocycles. The fourth-order valence-electron chi connectivity index (χ4n) is 4.43. The maximum absolute atomic E-state index is 15.3. The van der Waals surface area contributed by atoms with Gasteiger partial charge in [0.05, 0.1) is 17.0 Å². The number of ether oxygens (including phenoxy) is 1. The zero-order valence-corrected chi connectivity index (χ0v) is 20.5. The number of benzene rings is 1. The van der Waals surface area contributed by atoms with Crippen LogP contribution < -0.4 is 16.4 Å². The van der Waals surface area contributed by atoms with E-state index in [2.05, 4.69) is 10.4 Å². The number of rotatable bonds is 6. The standard InChI is InChI=1S/C25H29F3N4O4/c1-14(16-6-5-7-19(21(16)26)25(27,28)24(2,3)35)29-22-18-13-32(15-8-10-36-11-9-15)20(33)12-17(18)23(34)31(4)30-22/h5-7,12-15,35H,8-11H2,1-4H3,(H,29,30). The lowest BCUT2D eigenvalue weighted by Gasteiger charge is -2.30. The highest BCUT2D eigenvalue weighted by molar-refractivity contribution is 5.90. The molecular formula is C25H29F3N4O4. The van der Waals surface area contributed by atoms with E-state index in [0.29, 0.717) is 31.4 Å². The van der Waals surface area contributed by atoms with Crippen molar-refractivity contribution in [2.75, 3.05) is 18.5 Å². The van der Waals surface area contributed by atoms with Crippen molar-refractivity contribution < 1.29 is 23.0 Å². The predicted octanol–water partition coefficient (Wildman–Crippen LogP) is 3.62. The zero-order valence-electron chi connectivity index (χ0n) is 20.5. The summed E-state index contributed by atoms with van der Waals surface area (Å²) in [7, 11) is 1.42. The molecule has 0 spiro atoms. The van der Waals surface area contributed by atoms with Crippen LogP contribution >= 0.6 is 0 Å². The molecule has 1 aliphatic rings. The van der Waals surface area contributed by atoms with Crippen LogP contribution in [-0.2, 0) is 17.7 Å². The number of pyridine rings is 1. The minimum Gasteiger partial charge on any atom is -0.384 e. The van der Waals surface area contributed by atoms with Crippen LogP contribution in [0.1, 0.15) is 56.8 Å². The summed E-state index contributed by atoms with van der Waals surface area (Å²) in [5, 5.41) is 17.7. The van der Waals surface area contributed by atoms with Crippen molar-refractivity contribution in [3.8, 4) is 0 Å². The highest BCUT2D eigenvalue weighted by Gasteiger charge is 2.49. The zero-order chi connectivity index (χ0) is 26.4. The summed E-state index contributed by atoms with van der Waals surface area (Å²) in [4.78, 5) is 25.5. The first-order chi connectivity index (χ1) is 16.8. The molecule has 2 N–H and O–H groups in total. The van der Waals surface area contributed by atoms with Crippen molar-refractivity contribution >= 4 is 16.6 Å². The molecule has 1 saturated heterocycles. The van der Waals surface area contributed by atoms with Crippen molar-refractivity contribution in [1.29, 1.82) is 0 Å². The lowest BCUT2D eigenvalue weighted by Crippen LogP contribution is -2.41. The minimum absolute atomic E-state index is 0.0713. The lowest BCUT2D eigenvalue weighted by atomic mass is 9.91. The summed E-state index contributed by atoms with van der Waals surface area (Å²) in [5.41, 5.74) is -4.28. The predicted molar refractivity (Wildman–Crippen MR) is 129 cm³/mol. The van der Waals surface area contributed by atoms with Crippen LogP contribution in [0.15, 0.2) is 40.1 Å². The van der Waals surface area contributed by atoms with Gasteiger partial charge < -0.3 is 19.7 Å². The molecule has 0 saturated carbocycles. The molecule has 11 heteroatoms. The van der Waals surface area contributed by atoms with Crippen LogP contribution in [0.25, 0.3) is 10.8 Å². The number of hydrogen-bond acceptors (Lipinski definition) is 6. The van der Waals surface area contributed by atoms with E-state index in [0.717, 1.165) is 24.6 Å². The van der Waals surface area contributed by atoms with Crippen LogP contribution in [0.3, 0.4) is 0 Å². The quantitative estimate of drug-likeness (QED) is 0.530. The Morgan fingerprint density at radius 3 is 2.50 bits per heavy atom. The number of hydrogen-bond donors (Lipinski definition) is 2. The number of aromatic nitrogens is 3. The second kappa shape index (κ2) is 9.36. The van der Waals surface area contributed by atoms with Gasteiger partial charge in [-0.25, -0.2) is 9.07 Å². The molecule has 8 nitrogen and oxygen atoms in total. The summed E-state index contributed by atoms with van der Waals surface area (Å²) in [6.45, 7) is 4.42. The largest absolute Gasteiger partial charge is 0.384 e. The highest BCUT2D eigenvalue weighted by Crippen LogP contribution is 2.41. The van der Waals surface area contributed by atoms with Gasteiger partial charge in [0, 0.05) is 49.5 Å².